The summed E-state index contributed by atoms with van der Waals surface area (Å²) in [5, 5.41) is 12.6. The summed E-state index contributed by atoms with van der Waals surface area (Å²) in [5.74, 6) is 0.402. The van der Waals surface area contributed by atoms with Crippen molar-refractivity contribution in [2.75, 3.05) is 20.8 Å². The number of methoxy groups -OCH3 is 2. The lowest BCUT2D eigenvalue weighted by Gasteiger charge is -2.27. The van der Waals surface area contributed by atoms with E-state index in [1.54, 1.807) is 40.0 Å². The maximum Gasteiger partial charge on any atom is 0.411 e. The molecule has 1 aromatic carbocycles. The summed E-state index contributed by atoms with van der Waals surface area (Å²) in [6.45, 7) is 5.55. The second kappa shape index (κ2) is 8.06. The lowest BCUT2D eigenvalue weighted by atomic mass is 10.1. The number of likely N-dealkylation sites (tertiary alicyclic amines) is 1. The molecule has 29 heavy (non-hydrogen) atoms. The first-order valence-electron chi connectivity index (χ1n) is 9.23. The van der Waals surface area contributed by atoms with Gasteiger partial charge in [-0.2, -0.15) is 0 Å². The molecule has 0 aliphatic carbocycles. The summed E-state index contributed by atoms with van der Waals surface area (Å²) in [7, 11) is 2.89. The molecule has 0 N–H and O–H groups in total. The fourth-order valence-corrected chi connectivity index (χ4v) is 3.12. The zero-order valence-electron chi connectivity index (χ0n) is 17.2. The van der Waals surface area contributed by atoms with E-state index < -0.39 is 23.7 Å². The molecule has 3 rings (SSSR count). The minimum atomic E-state index is -0.757. The standard InChI is InChI=1S/C19H25N5O5/c1-19(2,3)29-18(26)23-11-12(10-15(23)17(25)28-5)16-20-22-24(21-16)13-6-8-14(27-4)9-7-13/h6-9,12,15H,10-11H2,1-5H3/t12-,15+/m1/s1. The van der Waals surface area contributed by atoms with Crippen LogP contribution in [-0.4, -0.2) is 69.6 Å². The number of hydrogen-bond donors (Lipinski definition) is 0. The van der Waals surface area contributed by atoms with Crippen molar-refractivity contribution in [1.29, 1.82) is 0 Å². The molecule has 0 unspecified atom stereocenters. The number of carbonyl (C=O) groups is 2. The van der Waals surface area contributed by atoms with Crippen LogP contribution in [0, 0.1) is 0 Å². The average molecular weight is 403 g/mol. The van der Waals surface area contributed by atoms with Crippen molar-refractivity contribution in [2.24, 2.45) is 0 Å². The summed E-state index contributed by atoms with van der Waals surface area (Å²) in [5.41, 5.74) is 0.0436. The summed E-state index contributed by atoms with van der Waals surface area (Å²) in [6, 6.07) is 6.45. The molecule has 1 fully saturated rings. The van der Waals surface area contributed by atoms with Gasteiger partial charge in [-0.15, -0.1) is 15.0 Å². The van der Waals surface area contributed by atoms with Gasteiger partial charge in [0.15, 0.2) is 5.82 Å². The van der Waals surface area contributed by atoms with Crippen LogP contribution in [0.3, 0.4) is 0 Å². The average Bonchev–Trinajstić information content (AvgIpc) is 3.33. The first-order valence-corrected chi connectivity index (χ1v) is 9.23. The minimum absolute atomic E-state index is 0.239. The largest absolute Gasteiger partial charge is 0.497 e. The Balaban J connectivity index is 1.79. The predicted molar refractivity (Wildman–Crippen MR) is 102 cm³/mol. The molecule has 1 aromatic heterocycles. The summed E-state index contributed by atoms with van der Waals surface area (Å²) in [4.78, 5) is 27.6. The maximum atomic E-state index is 12.6. The molecule has 2 atom stereocenters. The van der Waals surface area contributed by atoms with Crippen LogP contribution in [0.2, 0.25) is 0 Å². The Kier molecular flexibility index (Phi) is 5.71. The fourth-order valence-electron chi connectivity index (χ4n) is 3.12. The van der Waals surface area contributed by atoms with E-state index in [9.17, 15) is 9.59 Å². The van der Waals surface area contributed by atoms with E-state index in [2.05, 4.69) is 15.4 Å². The number of ether oxygens (including phenoxy) is 3. The molecule has 1 amide bonds. The van der Waals surface area contributed by atoms with Crippen molar-refractivity contribution in [3.05, 3.63) is 30.1 Å². The molecule has 156 valence electrons. The lowest BCUT2D eigenvalue weighted by molar-refractivity contribution is -0.145. The highest BCUT2D eigenvalue weighted by molar-refractivity contribution is 5.82. The normalized spacial score (nSPS) is 19.1. The van der Waals surface area contributed by atoms with E-state index >= 15 is 0 Å². The zero-order chi connectivity index (χ0) is 21.2. The molecular formula is C19H25N5O5. The van der Waals surface area contributed by atoms with Gasteiger partial charge in [0.1, 0.15) is 17.4 Å². The number of rotatable bonds is 4. The van der Waals surface area contributed by atoms with Crippen LogP contribution in [0.25, 0.3) is 5.69 Å². The Morgan fingerprint density at radius 2 is 1.83 bits per heavy atom. The van der Waals surface area contributed by atoms with Crippen LogP contribution in [0.4, 0.5) is 4.79 Å². The number of carbonyl (C=O) groups excluding carboxylic acids is 2. The third-order valence-corrected chi connectivity index (χ3v) is 4.50. The molecule has 0 radical (unpaired) electrons. The summed E-state index contributed by atoms with van der Waals surface area (Å²) < 4.78 is 15.4. The number of esters is 1. The molecular weight excluding hydrogens is 378 g/mol. The lowest BCUT2D eigenvalue weighted by Crippen LogP contribution is -2.43. The molecule has 1 saturated heterocycles. The number of amides is 1. The van der Waals surface area contributed by atoms with Crippen LogP contribution in [0.5, 0.6) is 5.75 Å². The molecule has 0 spiro atoms. The molecule has 0 bridgehead atoms. The van der Waals surface area contributed by atoms with E-state index in [1.165, 1.54) is 16.8 Å². The number of benzene rings is 1. The Labute approximate surface area is 168 Å². The summed E-state index contributed by atoms with van der Waals surface area (Å²) >= 11 is 0. The Morgan fingerprint density at radius 1 is 1.14 bits per heavy atom. The Morgan fingerprint density at radius 3 is 2.41 bits per heavy atom. The highest BCUT2D eigenvalue weighted by Gasteiger charge is 2.44. The third-order valence-electron chi connectivity index (χ3n) is 4.50. The van der Waals surface area contributed by atoms with Crippen molar-refractivity contribution in [3.8, 4) is 11.4 Å². The second-order valence-corrected chi connectivity index (χ2v) is 7.74. The number of aromatic nitrogens is 4. The highest BCUT2D eigenvalue weighted by atomic mass is 16.6. The second-order valence-electron chi connectivity index (χ2n) is 7.74. The smallest absolute Gasteiger partial charge is 0.411 e. The van der Waals surface area contributed by atoms with Gasteiger partial charge in [0.25, 0.3) is 0 Å². The molecule has 10 nitrogen and oxygen atoms in total. The van der Waals surface area contributed by atoms with E-state index in [0.29, 0.717) is 12.2 Å². The SMILES string of the molecule is COC(=O)[C@@H]1C[C@@H](c2nnn(-c3ccc(OC)cc3)n2)CN1C(=O)OC(C)(C)C. The van der Waals surface area contributed by atoms with Crippen LogP contribution in [0.1, 0.15) is 38.9 Å². The number of hydrogen-bond acceptors (Lipinski definition) is 8. The zero-order valence-corrected chi connectivity index (χ0v) is 17.2. The highest BCUT2D eigenvalue weighted by Crippen LogP contribution is 2.31. The topological polar surface area (TPSA) is 109 Å². The van der Waals surface area contributed by atoms with Gasteiger partial charge in [-0.1, -0.05) is 0 Å². The maximum absolute atomic E-state index is 12.6. The van der Waals surface area contributed by atoms with Crippen molar-refractivity contribution >= 4 is 12.1 Å². The first kappa shape index (κ1) is 20.6. The van der Waals surface area contributed by atoms with Gasteiger partial charge in [-0.25, -0.2) is 9.59 Å². The number of nitrogens with zero attached hydrogens (tertiary/aromatic N) is 5. The third kappa shape index (κ3) is 4.64. The van der Waals surface area contributed by atoms with Gasteiger partial charge >= 0.3 is 12.1 Å². The predicted octanol–water partition coefficient (Wildman–Crippen LogP) is 1.94. The Bertz CT molecular complexity index is 874. The molecule has 10 heteroatoms. The van der Waals surface area contributed by atoms with Crippen molar-refractivity contribution in [2.45, 2.75) is 44.8 Å². The van der Waals surface area contributed by atoms with Gasteiger partial charge in [0.2, 0.25) is 0 Å². The first-order chi connectivity index (χ1) is 13.7. The summed E-state index contributed by atoms with van der Waals surface area (Å²) in [6.07, 6.45) is -0.238. The number of tetrazole rings is 1. The van der Waals surface area contributed by atoms with Crippen molar-refractivity contribution in [1.82, 2.24) is 25.1 Å². The van der Waals surface area contributed by atoms with Gasteiger partial charge in [0.05, 0.1) is 19.9 Å². The fraction of sp³-hybridized carbons (Fsp3) is 0.526. The molecule has 2 heterocycles. The molecule has 1 aliphatic rings. The van der Waals surface area contributed by atoms with Crippen LogP contribution >= 0.6 is 0 Å². The van der Waals surface area contributed by atoms with Crippen molar-refractivity contribution < 1.29 is 23.8 Å². The van der Waals surface area contributed by atoms with Gasteiger partial charge < -0.3 is 14.2 Å². The molecule has 2 aromatic rings. The monoisotopic (exact) mass is 403 g/mol. The quantitative estimate of drug-likeness (QED) is 0.713. The molecule has 1 aliphatic heterocycles. The van der Waals surface area contributed by atoms with Crippen molar-refractivity contribution in [3.63, 3.8) is 0 Å². The van der Waals surface area contributed by atoms with Gasteiger partial charge in [-0.05, 0) is 56.7 Å². The van der Waals surface area contributed by atoms with E-state index in [-0.39, 0.29) is 12.5 Å². The minimum Gasteiger partial charge on any atom is -0.497 e. The van der Waals surface area contributed by atoms with E-state index in [0.717, 1.165) is 11.4 Å². The van der Waals surface area contributed by atoms with Crippen LogP contribution < -0.4 is 4.74 Å². The molecule has 0 saturated carbocycles. The Hall–Kier alpha value is -3.17. The van der Waals surface area contributed by atoms with E-state index in [4.69, 9.17) is 14.2 Å². The van der Waals surface area contributed by atoms with Crippen LogP contribution in [0.15, 0.2) is 24.3 Å². The van der Waals surface area contributed by atoms with E-state index in [1.807, 2.05) is 12.1 Å². The van der Waals surface area contributed by atoms with Gasteiger partial charge in [-0.3, -0.25) is 4.90 Å². The van der Waals surface area contributed by atoms with Gasteiger partial charge in [0, 0.05) is 12.5 Å². The van der Waals surface area contributed by atoms with Crippen LogP contribution in [-0.2, 0) is 14.3 Å².